The van der Waals surface area contributed by atoms with Gasteiger partial charge in [0.15, 0.2) is 0 Å². The molecule has 0 nitrogen and oxygen atoms in total. The largest absolute Gasteiger partial charge is 0.0979 e. The average Bonchev–Trinajstić information content (AvgIpc) is 2.25. The Kier molecular flexibility index (Phi) is 5.59. The Morgan fingerprint density at radius 1 is 1.00 bits per heavy atom. The molecular formula is C14H18. The Morgan fingerprint density at radius 3 is 2.50 bits per heavy atom. The summed E-state index contributed by atoms with van der Waals surface area (Å²) in [5, 5.41) is 0. The highest BCUT2D eigenvalue weighted by Gasteiger charge is 1.84. The molecule has 0 N–H and O–H groups in total. The van der Waals surface area contributed by atoms with E-state index in [1.54, 1.807) is 0 Å². The third-order valence-corrected chi connectivity index (χ3v) is 2.16. The van der Waals surface area contributed by atoms with Gasteiger partial charge in [-0.25, -0.2) is 0 Å². The second-order valence-electron chi connectivity index (χ2n) is 3.48. The summed E-state index contributed by atoms with van der Waals surface area (Å²) >= 11 is 0. The molecule has 0 aliphatic heterocycles. The minimum Gasteiger partial charge on any atom is -0.0979 e. The van der Waals surface area contributed by atoms with Crippen molar-refractivity contribution in [3.8, 4) is 11.8 Å². The van der Waals surface area contributed by atoms with Crippen molar-refractivity contribution in [3.05, 3.63) is 35.9 Å². The van der Waals surface area contributed by atoms with Gasteiger partial charge in [0.1, 0.15) is 0 Å². The lowest BCUT2D eigenvalue weighted by molar-refractivity contribution is 0.679. The number of hydrogen-bond donors (Lipinski definition) is 0. The Labute approximate surface area is 87.4 Å². The van der Waals surface area contributed by atoms with Gasteiger partial charge in [-0.2, -0.15) is 0 Å². The first-order chi connectivity index (χ1) is 6.93. The molecule has 0 aliphatic carbocycles. The molecule has 74 valence electrons. The van der Waals surface area contributed by atoms with E-state index >= 15 is 0 Å². The minimum atomic E-state index is 1.04. The first kappa shape index (κ1) is 10.9. The smallest absolute Gasteiger partial charge is 0.0245 e. The fourth-order valence-corrected chi connectivity index (χ4v) is 1.33. The summed E-state index contributed by atoms with van der Waals surface area (Å²) in [5.41, 5.74) is 1.13. The van der Waals surface area contributed by atoms with Gasteiger partial charge in [0, 0.05) is 12.0 Å². The molecule has 0 saturated carbocycles. The summed E-state index contributed by atoms with van der Waals surface area (Å²) in [4.78, 5) is 0. The summed E-state index contributed by atoms with van der Waals surface area (Å²) in [6, 6.07) is 10.2. The van der Waals surface area contributed by atoms with Crippen molar-refractivity contribution in [2.45, 2.75) is 39.0 Å². The van der Waals surface area contributed by atoms with Gasteiger partial charge in [-0.05, 0) is 18.6 Å². The van der Waals surface area contributed by atoms with Crippen molar-refractivity contribution < 1.29 is 0 Å². The minimum absolute atomic E-state index is 1.04. The second kappa shape index (κ2) is 7.21. The zero-order valence-electron chi connectivity index (χ0n) is 8.92. The van der Waals surface area contributed by atoms with Crippen molar-refractivity contribution in [1.29, 1.82) is 0 Å². The van der Waals surface area contributed by atoms with E-state index in [1.807, 2.05) is 18.2 Å². The highest BCUT2D eigenvalue weighted by Crippen LogP contribution is 2.01. The van der Waals surface area contributed by atoms with Gasteiger partial charge in [-0.3, -0.25) is 0 Å². The van der Waals surface area contributed by atoms with Crippen LogP contribution >= 0.6 is 0 Å². The molecule has 0 saturated heterocycles. The van der Waals surface area contributed by atoms with E-state index in [0.717, 1.165) is 12.0 Å². The van der Waals surface area contributed by atoms with Gasteiger partial charge in [0.25, 0.3) is 0 Å². The van der Waals surface area contributed by atoms with Crippen molar-refractivity contribution in [2.24, 2.45) is 0 Å². The summed E-state index contributed by atoms with van der Waals surface area (Å²) in [6.07, 6.45) is 6.24. The van der Waals surface area contributed by atoms with Gasteiger partial charge in [0.05, 0.1) is 0 Å². The lowest BCUT2D eigenvalue weighted by Crippen LogP contribution is -1.75. The summed E-state index contributed by atoms with van der Waals surface area (Å²) in [6.45, 7) is 2.23. The molecule has 0 fully saturated rings. The van der Waals surface area contributed by atoms with E-state index in [9.17, 15) is 0 Å². The first-order valence-electron chi connectivity index (χ1n) is 5.47. The van der Waals surface area contributed by atoms with Gasteiger partial charge in [0.2, 0.25) is 0 Å². The van der Waals surface area contributed by atoms with Crippen molar-refractivity contribution in [2.75, 3.05) is 0 Å². The SMILES string of the molecule is CCCCCCC#Cc1ccccc1. The van der Waals surface area contributed by atoms with Crippen LogP contribution in [0.1, 0.15) is 44.6 Å². The molecule has 0 aliphatic rings. The van der Waals surface area contributed by atoms with E-state index in [-0.39, 0.29) is 0 Å². The van der Waals surface area contributed by atoms with Crippen molar-refractivity contribution in [3.63, 3.8) is 0 Å². The zero-order valence-corrected chi connectivity index (χ0v) is 8.92. The van der Waals surface area contributed by atoms with Crippen LogP contribution in [0.4, 0.5) is 0 Å². The van der Waals surface area contributed by atoms with E-state index in [4.69, 9.17) is 0 Å². The molecule has 0 heteroatoms. The molecule has 1 aromatic carbocycles. The predicted molar refractivity (Wildman–Crippen MR) is 62.1 cm³/mol. The number of benzene rings is 1. The maximum atomic E-state index is 3.21. The molecule has 14 heavy (non-hydrogen) atoms. The predicted octanol–water partition coefficient (Wildman–Crippen LogP) is 4.01. The molecule has 0 radical (unpaired) electrons. The quantitative estimate of drug-likeness (QED) is 0.492. The Morgan fingerprint density at radius 2 is 1.79 bits per heavy atom. The summed E-state index contributed by atoms with van der Waals surface area (Å²) < 4.78 is 0. The van der Waals surface area contributed by atoms with Crippen LogP contribution in [-0.4, -0.2) is 0 Å². The first-order valence-corrected chi connectivity index (χ1v) is 5.47. The Bertz CT molecular complexity index is 287. The Hall–Kier alpha value is -1.22. The van der Waals surface area contributed by atoms with Crippen LogP contribution in [0.2, 0.25) is 0 Å². The fourth-order valence-electron chi connectivity index (χ4n) is 1.33. The molecule has 0 spiro atoms. The molecule has 0 unspecified atom stereocenters. The van der Waals surface area contributed by atoms with Crippen LogP contribution < -0.4 is 0 Å². The molecule has 1 aromatic rings. The standard InChI is InChI=1S/C14H18/c1-2-3-4-5-6-8-11-14-12-9-7-10-13-14/h7,9-10,12-13H,2-6H2,1H3. The van der Waals surface area contributed by atoms with Gasteiger partial charge in [-0.15, -0.1) is 0 Å². The van der Waals surface area contributed by atoms with Gasteiger partial charge in [-0.1, -0.05) is 56.2 Å². The number of hydrogen-bond acceptors (Lipinski definition) is 0. The highest BCUT2D eigenvalue weighted by molar-refractivity contribution is 5.33. The lowest BCUT2D eigenvalue weighted by Gasteiger charge is -1.92. The molecule has 0 aromatic heterocycles. The van der Waals surface area contributed by atoms with E-state index < -0.39 is 0 Å². The Balaban J connectivity index is 2.21. The maximum Gasteiger partial charge on any atom is 0.0245 e. The normalized spacial score (nSPS) is 9.21. The van der Waals surface area contributed by atoms with Crippen LogP contribution in [0.3, 0.4) is 0 Å². The molecule has 0 atom stereocenters. The summed E-state index contributed by atoms with van der Waals surface area (Å²) in [5.74, 6) is 6.38. The lowest BCUT2D eigenvalue weighted by atomic mass is 10.1. The van der Waals surface area contributed by atoms with Gasteiger partial charge < -0.3 is 0 Å². The van der Waals surface area contributed by atoms with Crippen LogP contribution in [-0.2, 0) is 0 Å². The van der Waals surface area contributed by atoms with E-state index in [0.29, 0.717) is 0 Å². The molecule has 0 heterocycles. The van der Waals surface area contributed by atoms with E-state index in [2.05, 4.69) is 30.9 Å². The van der Waals surface area contributed by atoms with Crippen LogP contribution in [0.5, 0.6) is 0 Å². The van der Waals surface area contributed by atoms with Gasteiger partial charge >= 0.3 is 0 Å². The number of unbranched alkanes of at least 4 members (excludes halogenated alkanes) is 4. The topological polar surface area (TPSA) is 0 Å². The third-order valence-electron chi connectivity index (χ3n) is 2.16. The highest BCUT2D eigenvalue weighted by atomic mass is 13.9. The van der Waals surface area contributed by atoms with Crippen molar-refractivity contribution >= 4 is 0 Å². The van der Waals surface area contributed by atoms with Crippen LogP contribution in [0.25, 0.3) is 0 Å². The monoisotopic (exact) mass is 186 g/mol. The maximum absolute atomic E-state index is 3.21. The van der Waals surface area contributed by atoms with Crippen LogP contribution in [0.15, 0.2) is 30.3 Å². The summed E-state index contributed by atoms with van der Waals surface area (Å²) in [7, 11) is 0. The average molecular weight is 186 g/mol. The molecule has 1 rings (SSSR count). The van der Waals surface area contributed by atoms with Crippen molar-refractivity contribution in [1.82, 2.24) is 0 Å². The third kappa shape index (κ3) is 4.72. The van der Waals surface area contributed by atoms with E-state index in [1.165, 1.54) is 25.7 Å². The zero-order chi connectivity index (χ0) is 10.1. The fraction of sp³-hybridized carbons (Fsp3) is 0.429. The molecular weight excluding hydrogens is 168 g/mol. The molecule has 0 bridgehead atoms. The van der Waals surface area contributed by atoms with Crippen LogP contribution in [0, 0.1) is 11.8 Å². The molecule has 0 amide bonds. The number of rotatable bonds is 4. The second-order valence-corrected chi connectivity index (χ2v) is 3.48.